The average Bonchev–Trinajstić information content (AvgIpc) is 2.66. The van der Waals surface area contributed by atoms with Crippen molar-refractivity contribution in [2.24, 2.45) is 23.2 Å². The molecule has 0 unspecified atom stereocenters. The topological polar surface area (TPSA) is 55.4 Å². The zero-order valence-electron chi connectivity index (χ0n) is 16.7. The van der Waals surface area contributed by atoms with E-state index in [1.165, 1.54) is 38.5 Å². The van der Waals surface area contributed by atoms with Gasteiger partial charge in [-0.15, -0.1) is 11.8 Å². The number of ether oxygens (including phenoxy) is 1. The molecule has 152 valence electrons. The number of amides is 1. The van der Waals surface area contributed by atoms with Gasteiger partial charge in [-0.1, -0.05) is 18.2 Å². The SMILES string of the molecule is C[C@H](NC(=O)COC(=O)CCSc1ccccc1)C12CC3CC(CC(C3)C1)C2. The van der Waals surface area contributed by atoms with Crippen LogP contribution in [0.2, 0.25) is 0 Å². The molecule has 0 radical (unpaired) electrons. The summed E-state index contributed by atoms with van der Waals surface area (Å²) in [6.45, 7) is 1.99. The molecule has 0 heterocycles. The Labute approximate surface area is 172 Å². The largest absolute Gasteiger partial charge is 0.456 e. The standard InChI is InChI=1S/C23H31NO3S/c1-16(23-12-17-9-18(13-23)11-19(10-17)14-23)24-21(25)15-27-22(26)7-8-28-20-5-3-2-4-6-20/h2-6,16-19H,7-15H2,1H3,(H,24,25)/t16-,17?,18?,19?,23?/m0/s1. The van der Waals surface area contributed by atoms with Crippen molar-refractivity contribution in [3.63, 3.8) is 0 Å². The van der Waals surface area contributed by atoms with E-state index < -0.39 is 0 Å². The number of hydrogen-bond donors (Lipinski definition) is 1. The highest BCUT2D eigenvalue weighted by Gasteiger charge is 2.53. The number of benzene rings is 1. The summed E-state index contributed by atoms with van der Waals surface area (Å²) in [5.74, 6) is 2.80. The molecule has 0 aliphatic heterocycles. The van der Waals surface area contributed by atoms with E-state index in [4.69, 9.17) is 4.74 Å². The molecule has 4 aliphatic carbocycles. The molecule has 5 rings (SSSR count). The summed E-state index contributed by atoms with van der Waals surface area (Å²) >= 11 is 1.62. The van der Waals surface area contributed by atoms with Gasteiger partial charge in [-0.2, -0.15) is 0 Å². The second kappa shape index (κ2) is 8.48. The molecule has 1 aromatic rings. The number of carbonyl (C=O) groups is 2. The second-order valence-corrected chi connectivity index (χ2v) is 10.3. The van der Waals surface area contributed by atoms with E-state index in [1.54, 1.807) is 11.8 Å². The minimum Gasteiger partial charge on any atom is -0.456 e. The van der Waals surface area contributed by atoms with Crippen LogP contribution in [0.4, 0.5) is 0 Å². The first-order chi connectivity index (χ1) is 13.5. The molecule has 0 aromatic heterocycles. The van der Waals surface area contributed by atoms with Crippen molar-refractivity contribution >= 4 is 23.6 Å². The third-order valence-electron chi connectivity index (χ3n) is 7.06. The Hall–Kier alpha value is -1.49. The third-order valence-corrected chi connectivity index (χ3v) is 8.08. The molecule has 4 aliphatic rings. The Kier molecular flexibility index (Phi) is 6.00. The molecular weight excluding hydrogens is 370 g/mol. The van der Waals surface area contributed by atoms with Crippen molar-refractivity contribution in [3.05, 3.63) is 30.3 Å². The van der Waals surface area contributed by atoms with Crippen LogP contribution in [0, 0.1) is 23.2 Å². The maximum absolute atomic E-state index is 12.4. The van der Waals surface area contributed by atoms with Crippen LogP contribution in [-0.2, 0) is 14.3 Å². The summed E-state index contributed by atoms with van der Waals surface area (Å²) in [6.07, 6.45) is 8.30. The summed E-state index contributed by atoms with van der Waals surface area (Å²) in [5, 5.41) is 3.15. The van der Waals surface area contributed by atoms with Gasteiger partial charge in [0.1, 0.15) is 0 Å². The zero-order valence-corrected chi connectivity index (χ0v) is 17.5. The molecule has 4 saturated carbocycles. The van der Waals surface area contributed by atoms with E-state index in [9.17, 15) is 9.59 Å². The third kappa shape index (κ3) is 4.56. The monoisotopic (exact) mass is 401 g/mol. The predicted molar refractivity (Wildman–Crippen MR) is 111 cm³/mol. The fourth-order valence-corrected chi connectivity index (χ4v) is 6.99. The molecule has 5 heteroatoms. The van der Waals surface area contributed by atoms with Crippen molar-refractivity contribution in [1.29, 1.82) is 0 Å². The van der Waals surface area contributed by atoms with Gasteiger partial charge in [0.15, 0.2) is 6.61 Å². The Morgan fingerprint density at radius 1 is 1.11 bits per heavy atom. The van der Waals surface area contributed by atoms with E-state index in [0.29, 0.717) is 12.2 Å². The van der Waals surface area contributed by atoms with Gasteiger partial charge >= 0.3 is 5.97 Å². The van der Waals surface area contributed by atoms with Crippen molar-refractivity contribution in [1.82, 2.24) is 5.32 Å². The lowest BCUT2D eigenvalue weighted by Gasteiger charge is -2.59. The van der Waals surface area contributed by atoms with E-state index in [1.807, 2.05) is 30.3 Å². The van der Waals surface area contributed by atoms with E-state index in [-0.39, 0.29) is 29.9 Å². The molecule has 4 fully saturated rings. The van der Waals surface area contributed by atoms with Crippen molar-refractivity contribution < 1.29 is 14.3 Å². The molecule has 1 atom stereocenters. The molecule has 4 nitrogen and oxygen atoms in total. The van der Waals surface area contributed by atoms with Crippen LogP contribution < -0.4 is 5.32 Å². The predicted octanol–water partition coefficient (Wildman–Crippen LogP) is 4.43. The van der Waals surface area contributed by atoms with Crippen LogP contribution in [0.1, 0.15) is 51.9 Å². The molecule has 0 spiro atoms. The van der Waals surface area contributed by atoms with Gasteiger partial charge in [-0.25, -0.2) is 0 Å². The van der Waals surface area contributed by atoms with Crippen LogP contribution in [-0.4, -0.2) is 30.3 Å². The molecule has 4 bridgehead atoms. The first-order valence-corrected chi connectivity index (χ1v) is 11.6. The molecule has 1 N–H and O–H groups in total. The Morgan fingerprint density at radius 2 is 1.71 bits per heavy atom. The molecule has 1 aromatic carbocycles. The zero-order chi connectivity index (χ0) is 19.6. The fourth-order valence-electron chi connectivity index (χ4n) is 6.13. The van der Waals surface area contributed by atoms with Crippen LogP contribution in [0.3, 0.4) is 0 Å². The van der Waals surface area contributed by atoms with E-state index >= 15 is 0 Å². The Balaban J connectivity index is 1.18. The summed E-state index contributed by atoms with van der Waals surface area (Å²) in [4.78, 5) is 25.4. The number of carbonyl (C=O) groups excluding carboxylic acids is 2. The summed E-state index contributed by atoms with van der Waals surface area (Å²) in [5.41, 5.74) is 0.279. The van der Waals surface area contributed by atoms with Crippen molar-refractivity contribution in [2.45, 2.75) is 62.8 Å². The van der Waals surface area contributed by atoms with Gasteiger partial charge in [0.25, 0.3) is 5.91 Å². The van der Waals surface area contributed by atoms with Crippen LogP contribution in [0.15, 0.2) is 35.2 Å². The normalized spacial score (nSPS) is 31.4. The smallest absolute Gasteiger partial charge is 0.307 e. The lowest BCUT2D eigenvalue weighted by Crippen LogP contribution is -2.56. The number of esters is 1. The highest BCUT2D eigenvalue weighted by atomic mass is 32.2. The lowest BCUT2D eigenvalue weighted by molar-refractivity contribution is -0.149. The first kappa shape index (κ1) is 19.8. The number of thioether (sulfide) groups is 1. The average molecular weight is 402 g/mol. The minimum atomic E-state index is -0.305. The van der Waals surface area contributed by atoms with Gasteiger partial charge in [0.05, 0.1) is 6.42 Å². The van der Waals surface area contributed by atoms with Gasteiger partial charge in [-0.3, -0.25) is 9.59 Å². The van der Waals surface area contributed by atoms with Gasteiger partial charge in [0, 0.05) is 16.7 Å². The minimum absolute atomic E-state index is 0.160. The van der Waals surface area contributed by atoms with Crippen molar-refractivity contribution in [2.75, 3.05) is 12.4 Å². The summed E-state index contributed by atoms with van der Waals surface area (Å²) in [6, 6.07) is 10.2. The van der Waals surface area contributed by atoms with Crippen molar-refractivity contribution in [3.8, 4) is 0 Å². The van der Waals surface area contributed by atoms with Gasteiger partial charge < -0.3 is 10.1 Å². The molecular formula is C23H31NO3S. The van der Waals surface area contributed by atoms with Gasteiger partial charge in [-0.05, 0) is 80.8 Å². The van der Waals surface area contributed by atoms with Crippen LogP contribution in [0.25, 0.3) is 0 Å². The Bertz CT molecular complexity index is 670. The van der Waals surface area contributed by atoms with Crippen LogP contribution in [0.5, 0.6) is 0 Å². The number of hydrogen-bond acceptors (Lipinski definition) is 4. The van der Waals surface area contributed by atoms with E-state index in [0.717, 1.165) is 22.6 Å². The molecule has 28 heavy (non-hydrogen) atoms. The summed E-state index contributed by atoms with van der Waals surface area (Å²) < 4.78 is 5.20. The first-order valence-electron chi connectivity index (χ1n) is 10.7. The van der Waals surface area contributed by atoms with Gasteiger partial charge in [0.2, 0.25) is 0 Å². The molecule has 1 amide bonds. The lowest BCUT2D eigenvalue weighted by atomic mass is 9.48. The number of rotatable bonds is 8. The second-order valence-electron chi connectivity index (χ2n) is 9.14. The maximum Gasteiger partial charge on any atom is 0.307 e. The van der Waals surface area contributed by atoms with Crippen LogP contribution >= 0.6 is 11.8 Å². The highest BCUT2D eigenvalue weighted by molar-refractivity contribution is 7.99. The Morgan fingerprint density at radius 3 is 2.32 bits per heavy atom. The maximum atomic E-state index is 12.4. The highest BCUT2D eigenvalue weighted by Crippen LogP contribution is 2.61. The number of nitrogens with one attached hydrogen (secondary N) is 1. The molecule has 0 saturated heterocycles. The fraction of sp³-hybridized carbons (Fsp3) is 0.652. The van der Waals surface area contributed by atoms with E-state index in [2.05, 4.69) is 12.2 Å². The quantitative estimate of drug-likeness (QED) is 0.517. The summed E-state index contributed by atoms with van der Waals surface area (Å²) in [7, 11) is 0.